The van der Waals surface area contributed by atoms with Gasteiger partial charge in [0.1, 0.15) is 0 Å². The number of allylic oxidation sites excluding steroid dienone is 2. The smallest absolute Gasteiger partial charge is 0.237 e. The van der Waals surface area contributed by atoms with Gasteiger partial charge in [0, 0.05) is 5.69 Å². The van der Waals surface area contributed by atoms with Crippen LogP contribution in [0.3, 0.4) is 0 Å². The second-order valence-corrected chi connectivity index (χ2v) is 8.22. The number of carbonyl (C=O) groups excluding carboxylic acids is 1. The number of nitrogens with zero attached hydrogens (tertiary/aromatic N) is 4. The van der Waals surface area contributed by atoms with Crippen LogP contribution in [-0.4, -0.2) is 31.4 Å². The van der Waals surface area contributed by atoms with Crippen LogP contribution in [0.15, 0.2) is 41.6 Å². The fourth-order valence-electron chi connectivity index (χ4n) is 4.23. The second kappa shape index (κ2) is 5.98. The summed E-state index contributed by atoms with van der Waals surface area (Å²) >= 11 is 1.49. The number of aromatic nitrogens is 4. The summed E-state index contributed by atoms with van der Waals surface area (Å²) in [6.07, 6.45) is 8.58. The van der Waals surface area contributed by atoms with Crippen LogP contribution in [0.1, 0.15) is 30.9 Å². The van der Waals surface area contributed by atoms with Crippen LogP contribution in [0.5, 0.6) is 0 Å². The van der Waals surface area contributed by atoms with Crippen molar-refractivity contribution in [3.05, 3.63) is 42.0 Å². The highest BCUT2D eigenvalue weighted by atomic mass is 32.2. The van der Waals surface area contributed by atoms with Crippen molar-refractivity contribution >= 4 is 23.4 Å². The third-order valence-electron chi connectivity index (χ3n) is 5.51. The molecule has 4 atom stereocenters. The Bertz CT molecular complexity index is 847. The minimum Gasteiger partial charge on any atom is -0.325 e. The summed E-state index contributed by atoms with van der Waals surface area (Å²) in [5.41, 5.74) is 2.12. The lowest BCUT2D eigenvalue weighted by atomic mass is 10.0. The Labute approximate surface area is 150 Å². The van der Waals surface area contributed by atoms with Gasteiger partial charge in [-0.25, -0.2) is 4.68 Å². The Kier molecular flexibility index (Phi) is 3.62. The summed E-state index contributed by atoms with van der Waals surface area (Å²) in [6, 6.07) is 8.34. The first kappa shape index (κ1) is 15.1. The van der Waals surface area contributed by atoms with Crippen LogP contribution < -0.4 is 5.32 Å². The van der Waals surface area contributed by atoms with E-state index in [1.165, 1.54) is 23.7 Å². The molecule has 2 heterocycles. The van der Waals surface area contributed by atoms with Crippen LogP contribution in [0, 0.1) is 11.8 Å². The number of tetrazole rings is 1. The Morgan fingerprint density at radius 3 is 2.96 bits per heavy atom. The van der Waals surface area contributed by atoms with Gasteiger partial charge in [-0.1, -0.05) is 42.1 Å². The summed E-state index contributed by atoms with van der Waals surface area (Å²) in [6.45, 7) is 0. The van der Waals surface area contributed by atoms with Crippen LogP contribution in [0.2, 0.25) is 0 Å². The molecule has 1 aromatic carbocycles. The van der Waals surface area contributed by atoms with Crippen LogP contribution in [-0.2, 0) is 11.2 Å². The van der Waals surface area contributed by atoms with E-state index in [-0.39, 0.29) is 11.2 Å². The molecular weight excluding hydrogens is 334 g/mol. The first-order chi connectivity index (χ1) is 12.3. The van der Waals surface area contributed by atoms with Gasteiger partial charge in [0.25, 0.3) is 0 Å². The Balaban J connectivity index is 1.36. The molecule has 1 saturated carbocycles. The van der Waals surface area contributed by atoms with Crippen molar-refractivity contribution in [2.75, 3.05) is 5.32 Å². The molecule has 1 fully saturated rings. The van der Waals surface area contributed by atoms with E-state index in [0.717, 1.165) is 30.1 Å². The summed E-state index contributed by atoms with van der Waals surface area (Å²) in [4.78, 5) is 12.6. The maximum Gasteiger partial charge on any atom is 0.237 e. The SMILES string of the molecule is O=C1Nc2ccccc2CC[C@@H]1Sc1nnnn1[C@H]1C[C@@H]2C=C[C@H]1C2. The highest BCUT2D eigenvalue weighted by Crippen LogP contribution is 2.47. The van der Waals surface area contributed by atoms with Crippen molar-refractivity contribution in [1.82, 2.24) is 20.2 Å². The molecular formula is C18H19N5OS. The van der Waals surface area contributed by atoms with Crippen LogP contribution in [0.4, 0.5) is 5.69 Å². The molecule has 1 N–H and O–H groups in total. The number of hydrogen-bond donors (Lipinski definition) is 1. The molecule has 0 saturated heterocycles. The molecule has 7 heteroatoms. The monoisotopic (exact) mass is 353 g/mol. The van der Waals surface area contributed by atoms with E-state index in [2.05, 4.69) is 39.1 Å². The summed E-state index contributed by atoms with van der Waals surface area (Å²) in [5, 5.41) is 16.0. The highest BCUT2D eigenvalue weighted by molar-refractivity contribution is 8.00. The maximum absolute atomic E-state index is 12.6. The van der Waals surface area contributed by atoms with Crippen molar-refractivity contribution in [1.29, 1.82) is 0 Å². The number of aryl methyl sites for hydroxylation is 1. The lowest BCUT2D eigenvalue weighted by Crippen LogP contribution is -2.25. The predicted octanol–water partition coefficient (Wildman–Crippen LogP) is 2.86. The molecule has 128 valence electrons. The minimum absolute atomic E-state index is 0.0392. The fraction of sp³-hybridized carbons (Fsp3) is 0.444. The zero-order chi connectivity index (χ0) is 16.8. The Morgan fingerprint density at radius 1 is 1.20 bits per heavy atom. The average molecular weight is 353 g/mol. The number of nitrogens with one attached hydrogen (secondary N) is 1. The third-order valence-corrected chi connectivity index (χ3v) is 6.73. The van der Waals surface area contributed by atoms with Crippen LogP contribution in [0.25, 0.3) is 0 Å². The first-order valence-electron chi connectivity index (χ1n) is 8.79. The topological polar surface area (TPSA) is 72.7 Å². The number of thioether (sulfide) groups is 1. The zero-order valence-electron chi connectivity index (χ0n) is 13.7. The second-order valence-electron chi connectivity index (χ2n) is 7.05. The van der Waals surface area contributed by atoms with Crippen molar-refractivity contribution in [2.24, 2.45) is 11.8 Å². The van der Waals surface area contributed by atoms with Gasteiger partial charge in [0.15, 0.2) is 0 Å². The molecule has 0 spiro atoms. The van der Waals surface area contributed by atoms with Gasteiger partial charge in [-0.2, -0.15) is 0 Å². The molecule has 3 aliphatic rings. The van der Waals surface area contributed by atoms with Crippen molar-refractivity contribution < 1.29 is 4.79 Å². The number of rotatable bonds is 3. The number of carbonyl (C=O) groups is 1. The molecule has 2 aliphatic carbocycles. The average Bonchev–Trinajstić information content (AvgIpc) is 3.33. The summed E-state index contributed by atoms with van der Waals surface area (Å²) in [5.74, 6) is 1.23. The minimum atomic E-state index is -0.175. The Morgan fingerprint density at radius 2 is 2.12 bits per heavy atom. The van der Waals surface area contributed by atoms with Gasteiger partial charge in [0.05, 0.1) is 11.3 Å². The number of para-hydroxylation sites is 1. The van der Waals surface area contributed by atoms with Gasteiger partial charge in [0.2, 0.25) is 11.1 Å². The lowest BCUT2D eigenvalue weighted by molar-refractivity contribution is -0.115. The number of hydrogen-bond acceptors (Lipinski definition) is 5. The lowest BCUT2D eigenvalue weighted by Gasteiger charge is -2.20. The van der Waals surface area contributed by atoms with E-state index in [0.29, 0.717) is 17.9 Å². The standard InChI is InChI=1S/C18H19N5OS/c24-17-16(8-7-12-3-1-2-4-14(12)19-17)25-18-20-21-22-23(18)15-10-11-5-6-13(15)9-11/h1-6,11,13,15-16H,7-10H2,(H,19,24)/t11-,13+,15+,16+/m1/s1. The molecule has 2 bridgehead atoms. The molecule has 2 aromatic rings. The van der Waals surface area contributed by atoms with E-state index in [4.69, 9.17) is 0 Å². The van der Waals surface area contributed by atoms with E-state index >= 15 is 0 Å². The highest BCUT2D eigenvalue weighted by Gasteiger charge is 2.39. The summed E-state index contributed by atoms with van der Waals surface area (Å²) < 4.78 is 1.95. The molecule has 0 radical (unpaired) electrons. The van der Waals surface area contributed by atoms with Gasteiger partial charge < -0.3 is 5.32 Å². The molecule has 1 aromatic heterocycles. The van der Waals surface area contributed by atoms with Crippen LogP contribution >= 0.6 is 11.8 Å². The molecule has 1 amide bonds. The molecule has 5 rings (SSSR count). The van der Waals surface area contributed by atoms with Gasteiger partial charge >= 0.3 is 0 Å². The third kappa shape index (κ3) is 2.66. The van der Waals surface area contributed by atoms with E-state index in [1.807, 2.05) is 22.9 Å². The fourth-order valence-corrected chi connectivity index (χ4v) is 5.25. The quantitative estimate of drug-likeness (QED) is 0.859. The predicted molar refractivity (Wildman–Crippen MR) is 95.2 cm³/mol. The number of benzene rings is 1. The van der Waals surface area contributed by atoms with Crippen molar-refractivity contribution in [3.63, 3.8) is 0 Å². The van der Waals surface area contributed by atoms with Crippen molar-refractivity contribution in [3.8, 4) is 0 Å². The summed E-state index contributed by atoms with van der Waals surface area (Å²) in [7, 11) is 0. The zero-order valence-corrected chi connectivity index (χ0v) is 14.5. The molecule has 0 unspecified atom stereocenters. The first-order valence-corrected chi connectivity index (χ1v) is 9.67. The van der Waals surface area contributed by atoms with Crippen molar-refractivity contribution in [2.45, 2.75) is 42.1 Å². The van der Waals surface area contributed by atoms with Gasteiger partial charge in [-0.15, -0.1) is 5.10 Å². The number of amides is 1. The van der Waals surface area contributed by atoms with Gasteiger partial charge in [-0.05, 0) is 59.6 Å². The van der Waals surface area contributed by atoms with E-state index in [9.17, 15) is 4.79 Å². The van der Waals surface area contributed by atoms with E-state index in [1.54, 1.807) is 0 Å². The van der Waals surface area contributed by atoms with E-state index < -0.39 is 0 Å². The number of anilines is 1. The molecule has 1 aliphatic heterocycles. The van der Waals surface area contributed by atoms with Gasteiger partial charge in [-0.3, -0.25) is 4.79 Å². The Hall–Kier alpha value is -2.15. The number of fused-ring (bicyclic) bond motifs is 3. The maximum atomic E-state index is 12.6. The largest absolute Gasteiger partial charge is 0.325 e. The molecule has 25 heavy (non-hydrogen) atoms. The normalized spacial score (nSPS) is 30.2. The molecule has 6 nitrogen and oxygen atoms in total.